The molecule has 0 bridgehead atoms. The van der Waals surface area contributed by atoms with Crippen LogP contribution in [0.15, 0.2) is 36.7 Å². The van der Waals surface area contributed by atoms with Gasteiger partial charge in [-0.2, -0.15) is 5.10 Å². The highest BCUT2D eigenvalue weighted by molar-refractivity contribution is 5.95. The largest absolute Gasteiger partial charge is 0.315 e. The van der Waals surface area contributed by atoms with E-state index in [4.69, 9.17) is 0 Å². The maximum atomic E-state index is 12.9. The molecule has 0 spiro atoms. The summed E-state index contributed by atoms with van der Waals surface area (Å²) in [7, 11) is 3.76. The summed E-state index contributed by atoms with van der Waals surface area (Å²) in [5, 5.41) is 7.57. The summed E-state index contributed by atoms with van der Waals surface area (Å²) < 4.78 is 1.79. The molecule has 1 aliphatic heterocycles. The van der Waals surface area contributed by atoms with Gasteiger partial charge >= 0.3 is 0 Å². The molecule has 0 unspecified atom stereocenters. The first-order chi connectivity index (χ1) is 10.6. The molecule has 1 amide bonds. The minimum atomic E-state index is -0.0458. The van der Waals surface area contributed by atoms with Crippen LogP contribution in [0.25, 0.3) is 0 Å². The molecule has 1 aromatic heterocycles. The number of hydrogen-bond acceptors (Lipinski definition) is 3. The summed E-state index contributed by atoms with van der Waals surface area (Å²) in [5.41, 5.74) is 3.26. The molecule has 116 valence electrons. The Bertz CT molecular complexity index is 662. The lowest BCUT2D eigenvalue weighted by molar-refractivity contribution is -0.121. The van der Waals surface area contributed by atoms with Gasteiger partial charge in [0, 0.05) is 45.0 Å². The van der Waals surface area contributed by atoms with Gasteiger partial charge < -0.3 is 10.2 Å². The van der Waals surface area contributed by atoms with Gasteiger partial charge in [0.05, 0.1) is 12.1 Å². The second-order valence-electron chi connectivity index (χ2n) is 6.05. The average Bonchev–Trinajstić information content (AvgIpc) is 3.15. The zero-order chi connectivity index (χ0) is 15.7. The highest BCUT2D eigenvalue weighted by Crippen LogP contribution is 2.30. The topological polar surface area (TPSA) is 50.2 Å². The monoisotopic (exact) mass is 298 g/mol. The lowest BCUT2D eigenvalue weighted by Crippen LogP contribution is -2.36. The first kappa shape index (κ1) is 14.8. The molecule has 1 aliphatic rings. The highest BCUT2D eigenvalue weighted by atomic mass is 16.2. The lowest BCUT2D eigenvalue weighted by atomic mass is 9.90. The first-order valence-electron chi connectivity index (χ1n) is 7.60. The number of aromatic nitrogens is 2. The summed E-state index contributed by atoms with van der Waals surface area (Å²) in [6, 6.07) is 8.05. The molecule has 0 aliphatic carbocycles. The van der Waals surface area contributed by atoms with Crippen molar-refractivity contribution in [1.82, 2.24) is 15.1 Å². The quantitative estimate of drug-likeness (QED) is 0.938. The van der Waals surface area contributed by atoms with Gasteiger partial charge in [-0.1, -0.05) is 17.7 Å². The van der Waals surface area contributed by atoms with Gasteiger partial charge in [-0.3, -0.25) is 9.48 Å². The molecule has 2 aromatic rings. The fourth-order valence-corrected chi connectivity index (χ4v) is 3.06. The zero-order valence-electron chi connectivity index (χ0n) is 13.3. The number of benzene rings is 1. The number of carbonyl (C=O) groups is 1. The van der Waals surface area contributed by atoms with E-state index >= 15 is 0 Å². The Kier molecular flexibility index (Phi) is 3.98. The smallest absolute Gasteiger partial charge is 0.231 e. The van der Waals surface area contributed by atoms with Gasteiger partial charge in [-0.15, -0.1) is 0 Å². The summed E-state index contributed by atoms with van der Waals surface area (Å²) in [5.74, 6) is 0.298. The number of rotatable bonds is 3. The van der Waals surface area contributed by atoms with Crippen LogP contribution in [0.2, 0.25) is 0 Å². The van der Waals surface area contributed by atoms with Gasteiger partial charge in [-0.05, 0) is 24.6 Å². The van der Waals surface area contributed by atoms with Crippen LogP contribution in [-0.2, 0) is 11.8 Å². The Hall–Kier alpha value is -2.14. The predicted molar refractivity (Wildman–Crippen MR) is 86.9 cm³/mol. The normalized spacial score (nSPS) is 21.0. The molecule has 22 heavy (non-hydrogen) atoms. The fourth-order valence-electron chi connectivity index (χ4n) is 3.06. The molecule has 3 rings (SSSR count). The molecule has 5 nitrogen and oxygen atoms in total. The van der Waals surface area contributed by atoms with Crippen LogP contribution in [0.4, 0.5) is 5.69 Å². The van der Waals surface area contributed by atoms with E-state index in [9.17, 15) is 4.79 Å². The van der Waals surface area contributed by atoms with Crippen molar-refractivity contribution in [2.24, 2.45) is 13.0 Å². The maximum absolute atomic E-state index is 12.9. The van der Waals surface area contributed by atoms with Crippen molar-refractivity contribution < 1.29 is 4.79 Å². The number of aryl methyl sites for hydroxylation is 2. The van der Waals surface area contributed by atoms with Crippen LogP contribution in [-0.4, -0.2) is 35.8 Å². The van der Waals surface area contributed by atoms with Crippen molar-refractivity contribution in [2.45, 2.75) is 12.8 Å². The Morgan fingerprint density at radius 1 is 1.32 bits per heavy atom. The van der Waals surface area contributed by atoms with Crippen LogP contribution < -0.4 is 10.2 Å². The van der Waals surface area contributed by atoms with Gasteiger partial charge in [-0.25, -0.2) is 0 Å². The Morgan fingerprint density at radius 3 is 2.68 bits per heavy atom. The molecule has 1 saturated heterocycles. The Balaban J connectivity index is 1.79. The molecular formula is C17H22N4O. The Morgan fingerprint density at radius 2 is 2.05 bits per heavy atom. The summed E-state index contributed by atoms with van der Waals surface area (Å²) in [6.07, 6.45) is 3.87. The van der Waals surface area contributed by atoms with E-state index in [1.807, 2.05) is 57.7 Å². The molecule has 0 radical (unpaired) electrons. The SMILES string of the molecule is Cc1ccc(N(C)C(=O)[C@H]2CNC[C@@H]2c2cnn(C)c2)cc1. The second kappa shape index (κ2) is 5.93. The third-order valence-corrected chi connectivity index (χ3v) is 4.44. The number of hydrogen-bond donors (Lipinski definition) is 1. The summed E-state index contributed by atoms with van der Waals surface area (Å²) in [4.78, 5) is 14.6. The molecule has 2 heterocycles. The predicted octanol–water partition coefficient (Wildman–Crippen LogP) is 1.69. The van der Waals surface area contributed by atoms with E-state index < -0.39 is 0 Å². The van der Waals surface area contributed by atoms with Crippen LogP contribution >= 0.6 is 0 Å². The summed E-state index contributed by atoms with van der Waals surface area (Å²) in [6.45, 7) is 3.59. The van der Waals surface area contributed by atoms with Crippen molar-refractivity contribution in [3.05, 3.63) is 47.8 Å². The van der Waals surface area contributed by atoms with E-state index in [0.29, 0.717) is 6.54 Å². The van der Waals surface area contributed by atoms with Crippen LogP contribution in [0.5, 0.6) is 0 Å². The number of nitrogens with zero attached hydrogens (tertiary/aromatic N) is 3. The zero-order valence-corrected chi connectivity index (χ0v) is 13.3. The molecule has 1 N–H and O–H groups in total. The van der Waals surface area contributed by atoms with E-state index in [2.05, 4.69) is 10.4 Å². The molecule has 1 fully saturated rings. The molecule has 0 saturated carbocycles. The van der Waals surface area contributed by atoms with Crippen LogP contribution in [0.3, 0.4) is 0 Å². The van der Waals surface area contributed by atoms with Gasteiger partial charge in [0.25, 0.3) is 0 Å². The molecule has 2 atom stereocenters. The Labute approximate surface area is 130 Å². The van der Waals surface area contributed by atoms with E-state index in [1.165, 1.54) is 5.56 Å². The first-order valence-corrected chi connectivity index (χ1v) is 7.60. The molecule has 5 heteroatoms. The van der Waals surface area contributed by atoms with Crippen molar-refractivity contribution in [2.75, 3.05) is 25.0 Å². The van der Waals surface area contributed by atoms with Gasteiger partial charge in [0.15, 0.2) is 0 Å². The van der Waals surface area contributed by atoms with Crippen molar-refractivity contribution in [3.8, 4) is 0 Å². The number of carbonyl (C=O) groups excluding carboxylic acids is 1. The van der Waals surface area contributed by atoms with Crippen molar-refractivity contribution >= 4 is 11.6 Å². The third-order valence-electron chi connectivity index (χ3n) is 4.44. The van der Waals surface area contributed by atoms with Crippen LogP contribution in [0.1, 0.15) is 17.0 Å². The van der Waals surface area contributed by atoms with Crippen LogP contribution in [0, 0.1) is 12.8 Å². The van der Waals surface area contributed by atoms with E-state index in [1.54, 1.807) is 9.58 Å². The average molecular weight is 298 g/mol. The minimum Gasteiger partial charge on any atom is -0.315 e. The molecular weight excluding hydrogens is 276 g/mol. The minimum absolute atomic E-state index is 0.0458. The van der Waals surface area contributed by atoms with Crippen molar-refractivity contribution in [3.63, 3.8) is 0 Å². The second-order valence-corrected chi connectivity index (χ2v) is 6.05. The number of nitrogens with one attached hydrogen (secondary N) is 1. The van der Waals surface area contributed by atoms with E-state index in [0.717, 1.165) is 17.8 Å². The van der Waals surface area contributed by atoms with Crippen molar-refractivity contribution in [1.29, 1.82) is 0 Å². The lowest BCUT2D eigenvalue weighted by Gasteiger charge is -2.24. The number of anilines is 1. The highest BCUT2D eigenvalue weighted by Gasteiger charge is 2.36. The standard InChI is InChI=1S/C17H22N4O/c1-12-4-6-14(7-5-12)21(3)17(22)16-10-18-9-15(16)13-8-19-20(2)11-13/h4-8,11,15-16,18H,9-10H2,1-3H3/t15-,16+/m1/s1. The van der Waals surface area contributed by atoms with E-state index in [-0.39, 0.29) is 17.7 Å². The van der Waals surface area contributed by atoms with Gasteiger partial charge in [0.1, 0.15) is 0 Å². The molecule has 1 aromatic carbocycles. The number of amides is 1. The maximum Gasteiger partial charge on any atom is 0.231 e. The third kappa shape index (κ3) is 2.76. The fraction of sp³-hybridized carbons (Fsp3) is 0.412. The van der Waals surface area contributed by atoms with Gasteiger partial charge in [0.2, 0.25) is 5.91 Å². The summed E-state index contributed by atoms with van der Waals surface area (Å²) >= 11 is 0.